The van der Waals surface area contributed by atoms with Gasteiger partial charge in [-0.2, -0.15) is 0 Å². The summed E-state index contributed by atoms with van der Waals surface area (Å²) in [4.78, 5) is 22.7. The molecule has 0 amide bonds. The van der Waals surface area contributed by atoms with Gasteiger partial charge >= 0.3 is 11.9 Å². The van der Waals surface area contributed by atoms with Gasteiger partial charge in [0.1, 0.15) is 0 Å². The van der Waals surface area contributed by atoms with Gasteiger partial charge in [0.05, 0.1) is 30.7 Å². The Hall–Kier alpha value is -1.14. The van der Waals surface area contributed by atoms with Crippen LogP contribution in [0.3, 0.4) is 0 Å². The van der Waals surface area contributed by atoms with Gasteiger partial charge in [-0.25, -0.2) is 0 Å². The average molecular weight is 346 g/mol. The minimum absolute atomic E-state index is 0.169. The van der Waals surface area contributed by atoms with Crippen molar-refractivity contribution < 1.29 is 28.9 Å². The summed E-state index contributed by atoms with van der Waals surface area (Å²) in [5.74, 6) is -0.950. The Labute approximate surface area is 145 Å². The van der Waals surface area contributed by atoms with Crippen molar-refractivity contribution in [3.8, 4) is 0 Å². The maximum atomic E-state index is 11.7. The number of hydrogen-bond donors (Lipinski definition) is 1. The summed E-state index contributed by atoms with van der Waals surface area (Å²) >= 11 is 0. The van der Waals surface area contributed by atoms with Crippen molar-refractivity contribution in [2.45, 2.75) is 60.3 Å². The molecule has 0 aliphatic carbocycles. The smallest absolute Gasteiger partial charge is 0.311 e. The van der Waals surface area contributed by atoms with E-state index in [4.69, 9.17) is 19.3 Å². The Morgan fingerprint density at radius 1 is 0.833 bits per heavy atom. The molecule has 0 saturated carbocycles. The molecule has 6 heteroatoms. The van der Waals surface area contributed by atoms with Crippen LogP contribution in [0.25, 0.3) is 0 Å². The third kappa shape index (κ3) is 9.88. The van der Waals surface area contributed by atoms with E-state index in [0.717, 1.165) is 12.8 Å². The first-order chi connectivity index (χ1) is 11.1. The van der Waals surface area contributed by atoms with Crippen LogP contribution < -0.4 is 0 Å². The highest BCUT2D eigenvalue weighted by molar-refractivity contribution is 5.75. The molecule has 24 heavy (non-hydrogen) atoms. The van der Waals surface area contributed by atoms with Crippen LogP contribution in [-0.2, 0) is 23.8 Å². The van der Waals surface area contributed by atoms with Crippen molar-refractivity contribution in [1.29, 1.82) is 0 Å². The zero-order valence-corrected chi connectivity index (χ0v) is 15.9. The topological polar surface area (TPSA) is 82.1 Å². The number of aliphatic carboxylic acids is 1. The highest BCUT2D eigenvalue weighted by Gasteiger charge is 2.28. The quantitative estimate of drug-likeness (QED) is 0.384. The van der Waals surface area contributed by atoms with Crippen molar-refractivity contribution >= 4 is 11.9 Å². The van der Waals surface area contributed by atoms with Crippen LogP contribution in [0, 0.1) is 10.8 Å². The molecule has 0 aliphatic rings. The largest absolute Gasteiger partial charge is 0.481 e. The van der Waals surface area contributed by atoms with Gasteiger partial charge in [0, 0.05) is 13.2 Å². The predicted molar refractivity (Wildman–Crippen MR) is 91.9 cm³/mol. The average Bonchev–Trinajstić information content (AvgIpc) is 2.49. The SMILES string of the molecule is CCOC(=O)C(C)(C)CCCOCCOCCCC(C)(C)C(=O)O. The highest BCUT2D eigenvalue weighted by atomic mass is 16.5. The van der Waals surface area contributed by atoms with E-state index >= 15 is 0 Å². The summed E-state index contributed by atoms with van der Waals surface area (Å²) < 4.78 is 16.0. The first-order valence-corrected chi connectivity index (χ1v) is 8.69. The normalized spacial score (nSPS) is 12.2. The van der Waals surface area contributed by atoms with E-state index in [9.17, 15) is 9.59 Å². The highest BCUT2D eigenvalue weighted by Crippen LogP contribution is 2.24. The Kier molecular flexibility index (Phi) is 10.9. The lowest BCUT2D eigenvalue weighted by Crippen LogP contribution is -2.27. The second-order valence-electron chi connectivity index (χ2n) is 7.23. The number of hydrogen-bond acceptors (Lipinski definition) is 5. The predicted octanol–water partition coefficient (Wildman–Crippen LogP) is 3.28. The summed E-state index contributed by atoms with van der Waals surface area (Å²) in [6.07, 6.45) is 2.81. The van der Waals surface area contributed by atoms with Crippen LogP contribution in [0.5, 0.6) is 0 Å². The first-order valence-electron chi connectivity index (χ1n) is 8.69. The number of rotatable bonds is 14. The van der Waals surface area contributed by atoms with Crippen LogP contribution in [-0.4, -0.2) is 50.1 Å². The molecule has 0 spiro atoms. The van der Waals surface area contributed by atoms with E-state index in [-0.39, 0.29) is 5.97 Å². The van der Waals surface area contributed by atoms with Gasteiger partial charge in [0.15, 0.2) is 0 Å². The summed E-state index contributed by atoms with van der Waals surface area (Å²) in [6.45, 7) is 11.5. The second-order valence-corrected chi connectivity index (χ2v) is 7.23. The number of carboxylic acids is 1. The van der Waals surface area contributed by atoms with Gasteiger partial charge in [0.25, 0.3) is 0 Å². The number of carbonyl (C=O) groups excluding carboxylic acids is 1. The lowest BCUT2D eigenvalue weighted by Gasteiger charge is -2.21. The first kappa shape index (κ1) is 22.9. The zero-order chi connectivity index (χ0) is 18.6. The van der Waals surface area contributed by atoms with Gasteiger partial charge in [-0.1, -0.05) is 0 Å². The van der Waals surface area contributed by atoms with Crippen molar-refractivity contribution in [2.24, 2.45) is 10.8 Å². The fourth-order valence-electron chi connectivity index (χ4n) is 2.09. The third-order valence-electron chi connectivity index (χ3n) is 3.96. The molecule has 0 radical (unpaired) electrons. The molecule has 0 aromatic heterocycles. The van der Waals surface area contributed by atoms with E-state index < -0.39 is 16.8 Å². The third-order valence-corrected chi connectivity index (χ3v) is 3.96. The molecule has 0 aliphatic heterocycles. The second kappa shape index (κ2) is 11.4. The molecular weight excluding hydrogens is 312 g/mol. The Morgan fingerprint density at radius 2 is 1.29 bits per heavy atom. The molecule has 0 saturated heterocycles. The van der Waals surface area contributed by atoms with Crippen LogP contribution in [0.4, 0.5) is 0 Å². The van der Waals surface area contributed by atoms with E-state index in [2.05, 4.69) is 0 Å². The van der Waals surface area contributed by atoms with E-state index in [0.29, 0.717) is 45.9 Å². The minimum Gasteiger partial charge on any atom is -0.481 e. The van der Waals surface area contributed by atoms with Crippen molar-refractivity contribution in [1.82, 2.24) is 0 Å². The zero-order valence-electron chi connectivity index (χ0n) is 15.9. The fraction of sp³-hybridized carbons (Fsp3) is 0.889. The monoisotopic (exact) mass is 346 g/mol. The molecule has 0 bridgehead atoms. The van der Waals surface area contributed by atoms with Gasteiger partial charge in [-0.05, 0) is 60.3 Å². The van der Waals surface area contributed by atoms with Gasteiger partial charge in [-0.3, -0.25) is 9.59 Å². The van der Waals surface area contributed by atoms with E-state index in [1.807, 2.05) is 13.8 Å². The van der Waals surface area contributed by atoms with Crippen molar-refractivity contribution in [2.75, 3.05) is 33.0 Å². The summed E-state index contributed by atoms with van der Waals surface area (Å²) in [6, 6.07) is 0. The summed E-state index contributed by atoms with van der Waals surface area (Å²) in [7, 11) is 0. The summed E-state index contributed by atoms with van der Waals surface area (Å²) in [5, 5.41) is 9.00. The molecule has 1 N–H and O–H groups in total. The molecular formula is C18H34O6. The molecule has 0 atom stereocenters. The molecule has 0 fully saturated rings. The number of esters is 1. The molecule has 0 aromatic rings. The van der Waals surface area contributed by atoms with E-state index in [1.54, 1.807) is 20.8 Å². The molecule has 0 aromatic carbocycles. The van der Waals surface area contributed by atoms with Gasteiger partial charge in [0.2, 0.25) is 0 Å². The van der Waals surface area contributed by atoms with Crippen LogP contribution in [0.1, 0.15) is 60.3 Å². The summed E-state index contributed by atoms with van der Waals surface area (Å²) in [5.41, 5.74) is -1.18. The van der Waals surface area contributed by atoms with Crippen molar-refractivity contribution in [3.63, 3.8) is 0 Å². The Morgan fingerprint density at radius 3 is 1.71 bits per heavy atom. The van der Waals surface area contributed by atoms with Gasteiger partial charge < -0.3 is 19.3 Å². The minimum atomic E-state index is -0.781. The Balaban J connectivity index is 3.55. The number of carbonyl (C=O) groups is 2. The van der Waals surface area contributed by atoms with Crippen LogP contribution in [0.15, 0.2) is 0 Å². The number of carboxylic acid groups (broad SMARTS) is 1. The van der Waals surface area contributed by atoms with Crippen molar-refractivity contribution in [3.05, 3.63) is 0 Å². The standard InChI is InChI=1S/C18H34O6/c1-6-24-16(21)18(4,5)10-8-12-23-14-13-22-11-7-9-17(2,3)15(19)20/h6-14H2,1-5H3,(H,19,20). The fourth-order valence-corrected chi connectivity index (χ4v) is 2.09. The van der Waals surface area contributed by atoms with Crippen LogP contribution in [0.2, 0.25) is 0 Å². The van der Waals surface area contributed by atoms with Gasteiger partial charge in [-0.15, -0.1) is 0 Å². The maximum absolute atomic E-state index is 11.7. The molecule has 0 rings (SSSR count). The maximum Gasteiger partial charge on any atom is 0.311 e. The Bertz CT molecular complexity index is 376. The van der Waals surface area contributed by atoms with Crippen LogP contribution >= 0.6 is 0 Å². The molecule has 0 unspecified atom stereocenters. The lowest BCUT2D eigenvalue weighted by atomic mass is 9.88. The molecule has 142 valence electrons. The molecule has 0 heterocycles. The lowest BCUT2D eigenvalue weighted by molar-refractivity contribution is -0.154. The molecule has 6 nitrogen and oxygen atoms in total. The van der Waals surface area contributed by atoms with E-state index in [1.165, 1.54) is 0 Å². The number of ether oxygens (including phenoxy) is 3.